The van der Waals surface area contributed by atoms with Crippen molar-refractivity contribution in [2.45, 2.75) is 27.3 Å². The van der Waals surface area contributed by atoms with Gasteiger partial charge < -0.3 is 18.6 Å². The summed E-state index contributed by atoms with van der Waals surface area (Å²) >= 11 is 1.32. The summed E-state index contributed by atoms with van der Waals surface area (Å²) in [6.07, 6.45) is 0. The van der Waals surface area contributed by atoms with Crippen LogP contribution in [0.4, 0.5) is 0 Å². The third kappa shape index (κ3) is 4.37. The summed E-state index contributed by atoms with van der Waals surface area (Å²) in [5.41, 5.74) is 1.47. The predicted octanol–water partition coefficient (Wildman–Crippen LogP) is 2.95. The van der Waals surface area contributed by atoms with Crippen molar-refractivity contribution in [2.24, 2.45) is 4.99 Å². The van der Waals surface area contributed by atoms with Gasteiger partial charge in [-0.15, -0.1) is 0 Å². The maximum atomic E-state index is 12.4. The Hall–Kier alpha value is -2.78. The van der Waals surface area contributed by atoms with Crippen LogP contribution in [0.15, 0.2) is 33.8 Å². The molecule has 9 heteroatoms. The van der Waals surface area contributed by atoms with E-state index in [0.717, 1.165) is 10.2 Å². The summed E-state index contributed by atoms with van der Waals surface area (Å²) in [5.74, 6) is -0.330. The predicted molar refractivity (Wildman–Crippen MR) is 103 cm³/mol. The van der Waals surface area contributed by atoms with E-state index >= 15 is 0 Å². The van der Waals surface area contributed by atoms with Gasteiger partial charge >= 0.3 is 11.9 Å². The summed E-state index contributed by atoms with van der Waals surface area (Å²) in [6.45, 7) is 7.30. The molecule has 0 spiro atoms. The highest BCUT2D eigenvalue weighted by Gasteiger charge is 2.14. The lowest BCUT2D eigenvalue weighted by molar-refractivity contribution is 0.0526. The molecule has 0 saturated carbocycles. The summed E-state index contributed by atoms with van der Waals surface area (Å²) in [6, 6.07) is 6.83. The number of rotatable bonds is 7. The van der Waals surface area contributed by atoms with Crippen LogP contribution in [-0.4, -0.2) is 41.4 Å². The van der Waals surface area contributed by atoms with Crippen molar-refractivity contribution in [1.29, 1.82) is 0 Å². The van der Waals surface area contributed by atoms with Gasteiger partial charge in [0.15, 0.2) is 10.5 Å². The van der Waals surface area contributed by atoms with E-state index in [1.807, 2.05) is 17.6 Å². The Morgan fingerprint density at radius 3 is 2.75 bits per heavy atom. The van der Waals surface area contributed by atoms with Gasteiger partial charge in [-0.25, -0.2) is 4.79 Å². The minimum absolute atomic E-state index is 0.151. The maximum absolute atomic E-state index is 12.4. The molecule has 0 N–H and O–H groups in total. The normalized spacial score (nSPS) is 11.9. The lowest BCUT2D eigenvalue weighted by Crippen LogP contribution is -2.19. The number of amides is 1. The van der Waals surface area contributed by atoms with Gasteiger partial charge in [0.1, 0.15) is 5.76 Å². The van der Waals surface area contributed by atoms with E-state index in [1.54, 1.807) is 32.0 Å². The van der Waals surface area contributed by atoms with Crippen molar-refractivity contribution in [3.05, 3.63) is 46.1 Å². The van der Waals surface area contributed by atoms with Crippen LogP contribution in [-0.2, 0) is 16.0 Å². The first-order valence-corrected chi connectivity index (χ1v) is 9.75. The number of ether oxygens (including phenoxy) is 2. The van der Waals surface area contributed by atoms with Gasteiger partial charge in [-0.2, -0.15) is 4.99 Å². The molecule has 0 radical (unpaired) electrons. The Labute approximate surface area is 165 Å². The molecule has 28 heavy (non-hydrogen) atoms. The molecule has 3 aromatic rings. The molecule has 1 amide bonds. The number of aromatic nitrogens is 2. The number of carbonyl (C=O) groups excluding carboxylic acids is 2. The molecular weight excluding hydrogens is 382 g/mol. The van der Waals surface area contributed by atoms with Gasteiger partial charge in [0.05, 0.1) is 29.0 Å². The molecule has 148 valence electrons. The van der Waals surface area contributed by atoms with Crippen LogP contribution in [0.2, 0.25) is 0 Å². The van der Waals surface area contributed by atoms with Crippen LogP contribution in [0.5, 0.6) is 0 Å². The standard InChI is InChI=1S/C19H21N3O5S/c1-4-25-9-8-22-15-7-6-13(18(24)26-5-2)11-16(15)28-19(22)20-17(23)14-10-12(3)27-21-14/h6-7,10-11H,4-5,8-9H2,1-3H3. The van der Waals surface area contributed by atoms with E-state index < -0.39 is 5.91 Å². The quantitative estimate of drug-likeness (QED) is 0.445. The fraction of sp³-hybridized carbons (Fsp3) is 0.368. The third-order valence-electron chi connectivity index (χ3n) is 3.90. The molecule has 0 unspecified atom stereocenters. The number of thiazole rings is 1. The number of hydrogen-bond donors (Lipinski definition) is 0. The van der Waals surface area contributed by atoms with Crippen molar-refractivity contribution in [3.63, 3.8) is 0 Å². The second-order valence-electron chi connectivity index (χ2n) is 5.88. The average Bonchev–Trinajstić information content (AvgIpc) is 3.25. The largest absolute Gasteiger partial charge is 0.462 e. The monoisotopic (exact) mass is 403 g/mol. The molecule has 0 fully saturated rings. The first-order valence-electron chi connectivity index (χ1n) is 8.94. The summed E-state index contributed by atoms with van der Waals surface area (Å²) in [5, 5.41) is 3.72. The topological polar surface area (TPSA) is 95.9 Å². The molecule has 2 aromatic heterocycles. The molecule has 0 aliphatic rings. The van der Waals surface area contributed by atoms with Crippen LogP contribution in [0.3, 0.4) is 0 Å². The van der Waals surface area contributed by atoms with Crippen molar-refractivity contribution >= 4 is 33.4 Å². The van der Waals surface area contributed by atoms with E-state index in [9.17, 15) is 9.59 Å². The van der Waals surface area contributed by atoms with Gasteiger partial charge in [-0.3, -0.25) is 4.79 Å². The summed E-state index contributed by atoms with van der Waals surface area (Å²) in [7, 11) is 0. The Bertz CT molecular complexity index is 1060. The van der Waals surface area contributed by atoms with E-state index in [-0.39, 0.29) is 11.7 Å². The van der Waals surface area contributed by atoms with E-state index in [4.69, 9.17) is 14.0 Å². The Morgan fingerprint density at radius 2 is 2.07 bits per heavy atom. The van der Waals surface area contributed by atoms with Gasteiger partial charge in [0, 0.05) is 19.2 Å². The Kier molecular flexibility index (Phi) is 6.37. The van der Waals surface area contributed by atoms with Crippen molar-refractivity contribution in [2.75, 3.05) is 19.8 Å². The molecule has 0 saturated heterocycles. The highest BCUT2D eigenvalue weighted by atomic mass is 32.1. The first-order chi connectivity index (χ1) is 13.5. The second-order valence-corrected chi connectivity index (χ2v) is 6.89. The zero-order valence-electron chi connectivity index (χ0n) is 15.9. The van der Waals surface area contributed by atoms with Crippen LogP contribution < -0.4 is 4.80 Å². The van der Waals surface area contributed by atoms with E-state index in [0.29, 0.717) is 42.5 Å². The lowest BCUT2D eigenvalue weighted by atomic mass is 10.2. The van der Waals surface area contributed by atoms with Crippen LogP contribution in [0.1, 0.15) is 40.5 Å². The number of hydrogen-bond acceptors (Lipinski definition) is 7. The Morgan fingerprint density at radius 1 is 1.25 bits per heavy atom. The molecule has 0 atom stereocenters. The lowest BCUT2D eigenvalue weighted by Gasteiger charge is -2.06. The number of nitrogens with zero attached hydrogens (tertiary/aromatic N) is 3. The first kappa shape index (κ1) is 20.0. The zero-order chi connectivity index (χ0) is 20.1. The van der Waals surface area contributed by atoms with Gasteiger partial charge in [-0.1, -0.05) is 16.5 Å². The smallest absolute Gasteiger partial charge is 0.338 e. The SMILES string of the molecule is CCOCCn1c(=NC(=O)c2cc(C)on2)sc2cc(C(=O)OCC)ccc21. The van der Waals surface area contributed by atoms with Gasteiger partial charge in [0.2, 0.25) is 0 Å². The van der Waals surface area contributed by atoms with Gasteiger partial charge in [0.25, 0.3) is 0 Å². The molecule has 0 aliphatic heterocycles. The number of esters is 1. The number of benzene rings is 1. The van der Waals surface area contributed by atoms with Crippen LogP contribution >= 0.6 is 11.3 Å². The fourth-order valence-electron chi connectivity index (χ4n) is 2.63. The molecular formula is C19H21N3O5S. The van der Waals surface area contributed by atoms with Crippen molar-refractivity contribution in [3.8, 4) is 0 Å². The van der Waals surface area contributed by atoms with Crippen molar-refractivity contribution < 1.29 is 23.6 Å². The van der Waals surface area contributed by atoms with E-state index in [2.05, 4.69) is 10.1 Å². The third-order valence-corrected chi connectivity index (χ3v) is 4.94. The molecule has 1 aromatic carbocycles. The summed E-state index contributed by atoms with van der Waals surface area (Å²) < 4.78 is 18.2. The fourth-order valence-corrected chi connectivity index (χ4v) is 3.72. The molecule has 8 nitrogen and oxygen atoms in total. The van der Waals surface area contributed by atoms with Crippen LogP contribution in [0.25, 0.3) is 10.2 Å². The molecule has 2 heterocycles. The van der Waals surface area contributed by atoms with Crippen LogP contribution in [0, 0.1) is 6.92 Å². The maximum Gasteiger partial charge on any atom is 0.338 e. The zero-order valence-corrected chi connectivity index (χ0v) is 16.7. The number of carbonyl (C=O) groups is 2. The Balaban J connectivity index is 2.05. The van der Waals surface area contributed by atoms with E-state index in [1.165, 1.54) is 11.3 Å². The highest BCUT2D eigenvalue weighted by molar-refractivity contribution is 7.16. The molecule has 0 bridgehead atoms. The van der Waals surface area contributed by atoms with Gasteiger partial charge in [-0.05, 0) is 39.0 Å². The highest BCUT2D eigenvalue weighted by Crippen LogP contribution is 2.20. The minimum atomic E-state index is -0.487. The summed E-state index contributed by atoms with van der Waals surface area (Å²) in [4.78, 5) is 29.2. The second kappa shape index (κ2) is 8.94. The number of fused-ring (bicyclic) bond motifs is 1. The average molecular weight is 403 g/mol. The minimum Gasteiger partial charge on any atom is -0.462 e. The molecule has 3 rings (SSSR count). The number of aryl methyl sites for hydroxylation is 1. The van der Waals surface area contributed by atoms with Crippen molar-refractivity contribution in [1.82, 2.24) is 9.72 Å². The molecule has 0 aliphatic carbocycles.